The number of fused-ring (bicyclic) bond motifs is 1. The molecular weight excluding hydrogens is 386 g/mol. The number of ether oxygens (including phenoxy) is 1. The normalized spacial score (nSPS) is 16.7. The number of pyridine rings is 1. The molecule has 0 unspecified atom stereocenters. The first-order valence-electron chi connectivity index (χ1n) is 8.69. The van der Waals surface area contributed by atoms with Crippen molar-refractivity contribution >= 4 is 45.1 Å². The molecule has 0 bridgehead atoms. The van der Waals surface area contributed by atoms with Crippen molar-refractivity contribution in [2.24, 2.45) is 0 Å². The number of rotatable bonds is 4. The van der Waals surface area contributed by atoms with Crippen LogP contribution in [0.15, 0.2) is 29.8 Å². The summed E-state index contributed by atoms with van der Waals surface area (Å²) in [5.41, 5.74) is 1.69. The fourth-order valence-electron chi connectivity index (χ4n) is 3.08. The maximum absolute atomic E-state index is 11.9. The lowest BCUT2D eigenvalue weighted by Crippen LogP contribution is -2.32. The third kappa shape index (κ3) is 3.81. The number of amides is 1. The van der Waals surface area contributed by atoms with Gasteiger partial charge in [0, 0.05) is 30.9 Å². The second kappa shape index (κ2) is 7.66. The minimum Gasteiger partial charge on any atom is -0.450 e. The second-order valence-electron chi connectivity index (χ2n) is 6.17. The van der Waals surface area contributed by atoms with Crippen molar-refractivity contribution in [3.05, 3.63) is 34.9 Å². The van der Waals surface area contributed by atoms with E-state index >= 15 is 0 Å². The van der Waals surface area contributed by atoms with Crippen LogP contribution in [0.5, 0.6) is 0 Å². The van der Waals surface area contributed by atoms with E-state index in [9.17, 15) is 4.79 Å². The van der Waals surface area contributed by atoms with Crippen LogP contribution in [0.4, 0.5) is 10.6 Å². The molecule has 3 aromatic rings. The van der Waals surface area contributed by atoms with Crippen LogP contribution < -0.4 is 5.32 Å². The van der Waals surface area contributed by atoms with E-state index < -0.39 is 0 Å². The van der Waals surface area contributed by atoms with Crippen molar-refractivity contribution < 1.29 is 9.53 Å². The predicted octanol–water partition coefficient (Wildman–Crippen LogP) is 4.05. The van der Waals surface area contributed by atoms with E-state index in [0.29, 0.717) is 30.7 Å². The minimum absolute atomic E-state index is 0.114. The fourth-order valence-corrected chi connectivity index (χ4v) is 4.04. The number of hydrogen-bond acceptors (Lipinski definition) is 7. The molecule has 1 atom stereocenters. The minimum atomic E-state index is -0.266. The van der Waals surface area contributed by atoms with Crippen molar-refractivity contribution in [2.45, 2.75) is 19.4 Å². The smallest absolute Gasteiger partial charge is 0.409 e. The highest BCUT2D eigenvalue weighted by molar-refractivity contribution is 7.17. The van der Waals surface area contributed by atoms with Crippen LogP contribution in [0.25, 0.3) is 21.6 Å². The number of anilines is 1. The Labute approximate surface area is 165 Å². The van der Waals surface area contributed by atoms with Crippen LogP contribution in [0.3, 0.4) is 0 Å². The highest BCUT2D eigenvalue weighted by atomic mass is 35.5. The Morgan fingerprint density at radius 2 is 2.33 bits per heavy atom. The van der Waals surface area contributed by atoms with Gasteiger partial charge in [-0.25, -0.2) is 19.7 Å². The molecule has 0 saturated carbocycles. The van der Waals surface area contributed by atoms with Gasteiger partial charge < -0.3 is 15.0 Å². The highest BCUT2D eigenvalue weighted by Crippen LogP contribution is 2.30. The van der Waals surface area contributed by atoms with Gasteiger partial charge in [0.2, 0.25) is 0 Å². The van der Waals surface area contributed by atoms with Crippen LogP contribution in [0.2, 0.25) is 5.15 Å². The average molecular weight is 404 g/mol. The van der Waals surface area contributed by atoms with Crippen molar-refractivity contribution in [3.8, 4) is 11.4 Å². The number of hydrogen-bond donors (Lipinski definition) is 1. The lowest BCUT2D eigenvalue weighted by Gasteiger charge is -2.17. The Morgan fingerprint density at radius 3 is 3.15 bits per heavy atom. The predicted molar refractivity (Wildman–Crippen MR) is 106 cm³/mol. The van der Waals surface area contributed by atoms with Gasteiger partial charge in [0.05, 0.1) is 16.8 Å². The van der Waals surface area contributed by atoms with Gasteiger partial charge in [0.25, 0.3) is 0 Å². The van der Waals surface area contributed by atoms with Gasteiger partial charge in [0.1, 0.15) is 11.0 Å². The van der Waals surface area contributed by atoms with Gasteiger partial charge in [0.15, 0.2) is 5.82 Å². The van der Waals surface area contributed by atoms with Crippen molar-refractivity contribution in [3.63, 3.8) is 0 Å². The summed E-state index contributed by atoms with van der Waals surface area (Å²) in [5.74, 6) is 1.36. The van der Waals surface area contributed by atoms with Crippen LogP contribution in [0, 0.1) is 0 Å². The summed E-state index contributed by atoms with van der Waals surface area (Å²) in [5, 5.41) is 5.88. The van der Waals surface area contributed by atoms with Crippen LogP contribution >= 0.6 is 22.9 Å². The van der Waals surface area contributed by atoms with Crippen molar-refractivity contribution in [1.29, 1.82) is 0 Å². The summed E-state index contributed by atoms with van der Waals surface area (Å²) in [6, 6.07) is 5.67. The molecule has 140 valence electrons. The lowest BCUT2D eigenvalue weighted by molar-refractivity contribution is 0.115. The molecule has 27 heavy (non-hydrogen) atoms. The standard InChI is InChI=1S/C18H18ClN5O2S/c1-2-26-18(25)24-7-4-12(10-24)21-17-15-13(5-8-27-15)22-16(23-17)11-3-6-20-14(19)9-11/h3,5-6,8-9,12H,2,4,7,10H2,1H3,(H,21,22,23)/t12-/m1/s1. The van der Waals surface area contributed by atoms with Gasteiger partial charge in [-0.15, -0.1) is 11.3 Å². The van der Waals surface area contributed by atoms with E-state index in [1.54, 1.807) is 28.5 Å². The zero-order chi connectivity index (χ0) is 18.8. The molecule has 1 aliphatic heterocycles. The second-order valence-corrected chi connectivity index (χ2v) is 7.48. The Kier molecular flexibility index (Phi) is 5.09. The van der Waals surface area contributed by atoms with E-state index in [1.165, 1.54) is 0 Å². The number of carbonyl (C=O) groups is 1. The monoisotopic (exact) mass is 403 g/mol. The Hall–Kier alpha value is -2.45. The van der Waals surface area contributed by atoms with Crippen LogP contribution in [-0.4, -0.2) is 51.7 Å². The van der Waals surface area contributed by atoms with Gasteiger partial charge in [-0.1, -0.05) is 11.6 Å². The Balaban J connectivity index is 1.60. The summed E-state index contributed by atoms with van der Waals surface area (Å²) in [7, 11) is 0. The molecule has 1 N–H and O–H groups in total. The number of likely N-dealkylation sites (tertiary alicyclic amines) is 1. The summed E-state index contributed by atoms with van der Waals surface area (Å²) in [6.45, 7) is 3.45. The Morgan fingerprint density at radius 1 is 1.44 bits per heavy atom. The molecule has 4 heterocycles. The first-order valence-corrected chi connectivity index (χ1v) is 9.95. The largest absolute Gasteiger partial charge is 0.450 e. The summed E-state index contributed by atoms with van der Waals surface area (Å²) in [6.07, 6.45) is 2.21. The Bertz CT molecular complexity index is 979. The summed E-state index contributed by atoms with van der Waals surface area (Å²) < 4.78 is 6.08. The summed E-state index contributed by atoms with van der Waals surface area (Å²) >= 11 is 7.60. The van der Waals surface area contributed by atoms with E-state index in [-0.39, 0.29) is 12.1 Å². The molecule has 0 spiro atoms. The van der Waals surface area contributed by atoms with E-state index in [1.807, 2.05) is 24.4 Å². The number of aromatic nitrogens is 3. The summed E-state index contributed by atoms with van der Waals surface area (Å²) in [4.78, 5) is 27.0. The molecule has 7 nitrogen and oxygen atoms in total. The molecule has 3 aromatic heterocycles. The molecule has 1 saturated heterocycles. The van der Waals surface area contributed by atoms with Crippen LogP contribution in [-0.2, 0) is 4.74 Å². The third-order valence-electron chi connectivity index (χ3n) is 4.34. The van der Waals surface area contributed by atoms with Gasteiger partial charge in [-0.05, 0) is 36.9 Å². The fraction of sp³-hybridized carbons (Fsp3) is 0.333. The zero-order valence-electron chi connectivity index (χ0n) is 14.7. The molecule has 0 radical (unpaired) electrons. The maximum Gasteiger partial charge on any atom is 0.409 e. The molecular formula is C18H18ClN5O2S. The number of nitrogens with zero attached hydrogens (tertiary/aromatic N) is 4. The number of thiophene rings is 1. The van der Waals surface area contributed by atoms with E-state index in [0.717, 1.165) is 28.0 Å². The average Bonchev–Trinajstić information content (AvgIpc) is 3.31. The molecule has 1 fully saturated rings. The van der Waals surface area contributed by atoms with Gasteiger partial charge in [-0.2, -0.15) is 0 Å². The quantitative estimate of drug-likeness (QED) is 0.662. The SMILES string of the molecule is CCOC(=O)N1CC[C@@H](Nc2nc(-c3ccnc(Cl)c3)nc3ccsc23)C1. The third-order valence-corrected chi connectivity index (χ3v) is 5.46. The molecule has 1 amide bonds. The van der Waals surface area contributed by atoms with Gasteiger partial charge in [-0.3, -0.25) is 0 Å². The molecule has 0 aromatic carbocycles. The van der Waals surface area contributed by atoms with E-state index in [4.69, 9.17) is 21.3 Å². The molecule has 4 rings (SSSR count). The lowest BCUT2D eigenvalue weighted by atomic mass is 10.2. The van der Waals surface area contributed by atoms with Crippen molar-refractivity contribution in [1.82, 2.24) is 19.9 Å². The highest BCUT2D eigenvalue weighted by Gasteiger charge is 2.28. The molecule has 9 heteroatoms. The molecule has 0 aliphatic carbocycles. The number of halogens is 1. The first kappa shape index (κ1) is 17.9. The first-order chi connectivity index (χ1) is 13.1. The van der Waals surface area contributed by atoms with E-state index in [2.05, 4.69) is 15.3 Å². The number of carbonyl (C=O) groups excluding carboxylic acids is 1. The van der Waals surface area contributed by atoms with Gasteiger partial charge >= 0.3 is 6.09 Å². The molecule has 1 aliphatic rings. The zero-order valence-corrected chi connectivity index (χ0v) is 16.3. The van der Waals surface area contributed by atoms with Crippen molar-refractivity contribution in [2.75, 3.05) is 25.0 Å². The van der Waals surface area contributed by atoms with Crippen LogP contribution in [0.1, 0.15) is 13.3 Å². The topological polar surface area (TPSA) is 80.2 Å². The maximum atomic E-state index is 11.9. The number of nitrogens with one attached hydrogen (secondary N) is 1.